The molecule has 28 heavy (non-hydrogen) atoms. The van der Waals surface area contributed by atoms with Crippen LogP contribution >= 0.6 is 0 Å². The van der Waals surface area contributed by atoms with Crippen molar-refractivity contribution in [3.8, 4) is 0 Å². The van der Waals surface area contributed by atoms with Crippen LogP contribution in [0.5, 0.6) is 0 Å². The number of nitrogens with zero attached hydrogens (tertiary/aromatic N) is 1. The lowest BCUT2D eigenvalue weighted by Crippen LogP contribution is -2.34. The van der Waals surface area contributed by atoms with Gasteiger partial charge in [-0.3, -0.25) is 9.59 Å². The van der Waals surface area contributed by atoms with Crippen molar-refractivity contribution >= 4 is 22.5 Å². The molecular weight excluding hydrogens is 350 g/mol. The molecule has 1 aliphatic rings. The average Bonchev–Trinajstić information content (AvgIpc) is 3.09. The Labute approximate surface area is 164 Å². The Morgan fingerprint density at radius 1 is 1.18 bits per heavy atom. The van der Waals surface area contributed by atoms with E-state index in [1.807, 2.05) is 31.2 Å². The summed E-state index contributed by atoms with van der Waals surface area (Å²) in [5.41, 5.74) is 5.13. The fourth-order valence-corrected chi connectivity index (χ4v) is 3.85. The highest BCUT2D eigenvalue weighted by atomic mass is 16.1. The number of pyridine rings is 1. The summed E-state index contributed by atoms with van der Waals surface area (Å²) in [5.74, 6) is -0.0177. The summed E-state index contributed by atoms with van der Waals surface area (Å²) >= 11 is 0. The molecule has 0 bridgehead atoms. The van der Waals surface area contributed by atoms with Crippen molar-refractivity contribution in [3.63, 3.8) is 0 Å². The first-order chi connectivity index (χ1) is 13.6. The number of nitrogens with one attached hydrogen (secondary N) is 2. The number of hydrogen-bond acceptors (Lipinski definition) is 3. The Morgan fingerprint density at radius 3 is 2.93 bits per heavy atom. The zero-order chi connectivity index (χ0) is 19.5. The van der Waals surface area contributed by atoms with Crippen LogP contribution < -0.4 is 15.8 Å². The summed E-state index contributed by atoms with van der Waals surface area (Å²) < 4.78 is 0. The number of benzene rings is 2. The highest BCUT2D eigenvalue weighted by Crippen LogP contribution is 2.26. The molecule has 5 nitrogen and oxygen atoms in total. The van der Waals surface area contributed by atoms with E-state index in [-0.39, 0.29) is 11.5 Å². The predicted octanol–water partition coefficient (Wildman–Crippen LogP) is 2.95. The first-order valence-electron chi connectivity index (χ1n) is 9.82. The van der Waals surface area contributed by atoms with Crippen molar-refractivity contribution in [1.29, 1.82) is 0 Å². The highest BCUT2D eigenvalue weighted by molar-refractivity contribution is 5.80. The predicted molar refractivity (Wildman–Crippen MR) is 113 cm³/mol. The number of anilines is 1. The van der Waals surface area contributed by atoms with Crippen molar-refractivity contribution in [2.24, 2.45) is 0 Å². The lowest BCUT2D eigenvalue weighted by Gasteiger charge is -2.19. The maximum Gasteiger partial charge on any atom is 0.251 e. The second-order valence-electron chi connectivity index (χ2n) is 7.43. The van der Waals surface area contributed by atoms with Gasteiger partial charge in [0.05, 0.1) is 0 Å². The monoisotopic (exact) mass is 375 g/mol. The van der Waals surface area contributed by atoms with Gasteiger partial charge < -0.3 is 15.2 Å². The summed E-state index contributed by atoms with van der Waals surface area (Å²) in [6.07, 6.45) is 1.82. The van der Waals surface area contributed by atoms with E-state index in [2.05, 4.69) is 39.5 Å². The van der Waals surface area contributed by atoms with Crippen LogP contribution in [0.1, 0.15) is 23.1 Å². The fourth-order valence-electron chi connectivity index (χ4n) is 3.85. The highest BCUT2D eigenvalue weighted by Gasteiger charge is 2.17. The molecule has 0 unspecified atom stereocenters. The summed E-state index contributed by atoms with van der Waals surface area (Å²) in [6, 6.07) is 16.3. The van der Waals surface area contributed by atoms with E-state index in [1.54, 1.807) is 0 Å². The Bertz CT molecular complexity index is 1070. The van der Waals surface area contributed by atoms with Crippen molar-refractivity contribution < 1.29 is 4.79 Å². The molecule has 5 heteroatoms. The zero-order valence-corrected chi connectivity index (χ0v) is 16.1. The van der Waals surface area contributed by atoms with E-state index in [4.69, 9.17) is 0 Å². The van der Waals surface area contributed by atoms with Gasteiger partial charge in [-0.1, -0.05) is 30.3 Å². The molecule has 0 saturated heterocycles. The summed E-state index contributed by atoms with van der Waals surface area (Å²) in [7, 11) is 0. The average molecular weight is 375 g/mol. The van der Waals surface area contributed by atoms with Crippen LogP contribution in [-0.2, 0) is 17.6 Å². The third kappa shape index (κ3) is 3.93. The SMILES string of the molecule is Cc1ccc2cc(CCC(=O)NCCN3CCc4ccccc43)c(=O)[nH]c2c1. The molecule has 144 valence electrons. The molecule has 1 aliphatic heterocycles. The van der Waals surface area contributed by atoms with Gasteiger partial charge >= 0.3 is 0 Å². The first kappa shape index (κ1) is 18.3. The zero-order valence-electron chi connectivity index (χ0n) is 16.1. The molecule has 0 saturated carbocycles. The number of carbonyl (C=O) groups excluding carboxylic acids is 1. The minimum atomic E-state index is -0.112. The second-order valence-corrected chi connectivity index (χ2v) is 7.43. The van der Waals surface area contributed by atoms with Gasteiger partial charge in [-0.05, 0) is 54.5 Å². The van der Waals surface area contributed by atoms with Gasteiger partial charge in [-0.25, -0.2) is 0 Å². The van der Waals surface area contributed by atoms with Gasteiger partial charge in [0, 0.05) is 42.8 Å². The number of amides is 1. The Kier molecular flexibility index (Phi) is 5.15. The van der Waals surface area contributed by atoms with E-state index < -0.39 is 0 Å². The molecule has 0 spiro atoms. The fraction of sp³-hybridized carbons (Fsp3) is 0.304. The van der Waals surface area contributed by atoms with E-state index in [9.17, 15) is 9.59 Å². The van der Waals surface area contributed by atoms with Crippen LogP contribution in [0.3, 0.4) is 0 Å². The summed E-state index contributed by atoms with van der Waals surface area (Å²) in [4.78, 5) is 29.7. The second kappa shape index (κ2) is 7.89. The van der Waals surface area contributed by atoms with Gasteiger partial charge in [0.25, 0.3) is 5.56 Å². The van der Waals surface area contributed by atoms with E-state index >= 15 is 0 Å². The number of aromatic amines is 1. The summed E-state index contributed by atoms with van der Waals surface area (Å²) in [5, 5.41) is 3.98. The first-order valence-corrected chi connectivity index (χ1v) is 9.82. The standard InChI is InChI=1S/C23H25N3O2/c1-16-6-7-18-15-19(23(28)25-20(18)14-16)8-9-22(27)24-11-13-26-12-10-17-4-2-3-5-21(17)26/h2-7,14-15H,8-13H2,1H3,(H,24,27)(H,25,28). The lowest BCUT2D eigenvalue weighted by molar-refractivity contribution is -0.120. The number of aromatic nitrogens is 1. The van der Waals surface area contributed by atoms with Gasteiger partial charge in [-0.15, -0.1) is 0 Å². The topological polar surface area (TPSA) is 65.2 Å². The number of carbonyl (C=O) groups is 1. The Morgan fingerprint density at radius 2 is 2.04 bits per heavy atom. The largest absolute Gasteiger partial charge is 0.369 e. The van der Waals surface area contributed by atoms with Crippen molar-refractivity contribution in [1.82, 2.24) is 10.3 Å². The smallest absolute Gasteiger partial charge is 0.251 e. The lowest BCUT2D eigenvalue weighted by atomic mass is 10.1. The minimum absolute atomic E-state index is 0.0177. The third-order valence-corrected chi connectivity index (χ3v) is 5.39. The molecule has 0 radical (unpaired) electrons. The normalized spacial score (nSPS) is 13.0. The van der Waals surface area contributed by atoms with Crippen molar-refractivity contribution in [3.05, 3.63) is 75.6 Å². The third-order valence-electron chi connectivity index (χ3n) is 5.39. The van der Waals surface area contributed by atoms with Gasteiger partial charge in [0.2, 0.25) is 5.91 Å². The summed E-state index contributed by atoms with van der Waals surface area (Å²) in [6.45, 7) is 4.41. The molecule has 3 aromatic rings. The quantitative estimate of drug-likeness (QED) is 0.696. The molecule has 4 rings (SSSR count). The van der Waals surface area contributed by atoms with Gasteiger partial charge in [0.1, 0.15) is 0 Å². The molecule has 1 amide bonds. The van der Waals surface area contributed by atoms with Crippen LogP contribution in [0, 0.1) is 6.92 Å². The molecule has 0 fully saturated rings. The van der Waals surface area contributed by atoms with Crippen LogP contribution in [0.2, 0.25) is 0 Å². The Hall–Kier alpha value is -3.08. The van der Waals surface area contributed by atoms with E-state index in [1.165, 1.54) is 11.3 Å². The maximum absolute atomic E-state index is 12.3. The molecule has 1 aromatic heterocycles. The van der Waals surface area contributed by atoms with Crippen LogP contribution in [-0.4, -0.2) is 30.5 Å². The molecule has 2 heterocycles. The van der Waals surface area contributed by atoms with Crippen LogP contribution in [0.25, 0.3) is 10.9 Å². The number of hydrogen-bond donors (Lipinski definition) is 2. The molecule has 2 N–H and O–H groups in total. The van der Waals surface area contributed by atoms with Crippen LogP contribution in [0.15, 0.2) is 53.3 Å². The minimum Gasteiger partial charge on any atom is -0.369 e. The number of rotatable bonds is 6. The van der Waals surface area contributed by atoms with Crippen LogP contribution in [0.4, 0.5) is 5.69 Å². The molecular formula is C23H25N3O2. The van der Waals surface area contributed by atoms with Gasteiger partial charge in [-0.2, -0.15) is 0 Å². The molecule has 0 atom stereocenters. The Balaban J connectivity index is 1.29. The molecule has 0 aliphatic carbocycles. The number of aryl methyl sites for hydroxylation is 2. The van der Waals surface area contributed by atoms with Crippen molar-refractivity contribution in [2.75, 3.05) is 24.5 Å². The van der Waals surface area contributed by atoms with E-state index in [0.717, 1.165) is 36.0 Å². The van der Waals surface area contributed by atoms with E-state index in [0.29, 0.717) is 24.9 Å². The number of para-hydroxylation sites is 1. The van der Waals surface area contributed by atoms with Gasteiger partial charge in [0.15, 0.2) is 0 Å². The number of fused-ring (bicyclic) bond motifs is 2. The number of H-pyrrole nitrogens is 1. The van der Waals surface area contributed by atoms with Crippen molar-refractivity contribution in [2.45, 2.75) is 26.2 Å². The maximum atomic E-state index is 12.3. The molecule has 2 aromatic carbocycles.